The summed E-state index contributed by atoms with van der Waals surface area (Å²) in [5.74, 6) is 0.536. The van der Waals surface area contributed by atoms with Crippen LogP contribution in [0.4, 0.5) is 18.9 Å². The van der Waals surface area contributed by atoms with Gasteiger partial charge in [0.1, 0.15) is 12.4 Å². The second kappa shape index (κ2) is 9.68. The van der Waals surface area contributed by atoms with Crippen molar-refractivity contribution in [3.63, 3.8) is 0 Å². The van der Waals surface area contributed by atoms with Gasteiger partial charge >= 0.3 is 6.18 Å². The van der Waals surface area contributed by atoms with Crippen LogP contribution in [0, 0.1) is 0 Å². The Balaban J connectivity index is 1.35. The molecule has 7 nitrogen and oxygen atoms in total. The standard InChI is InChI=1S/C22H23F3N4O3/c23-22(24,25)14-32-13-15-1-3-16(4-2-15)21(30)26-17-5-6-18-19(11-17)28-20(27-18)12-29-7-9-31-10-8-29/h1-6,11H,7-10,12-14H2,(H,26,30)(H,27,28). The molecule has 0 spiro atoms. The van der Waals surface area contributed by atoms with Gasteiger partial charge in [0.05, 0.1) is 37.4 Å². The van der Waals surface area contributed by atoms with Crippen LogP contribution in [-0.2, 0) is 22.6 Å². The SMILES string of the molecule is O=C(Nc1ccc2nc(CN3CCOCC3)[nH]c2c1)c1ccc(COCC(F)(F)F)cc1. The van der Waals surface area contributed by atoms with E-state index in [0.717, 1.165) is 43.2 Å². The number of aromatic nitrogens is 2. The second-order valence-corrected chi connectivity index (χ2v) is 7.56. The molecule has 1 aliphatic rings. The molecule has 0 bridgehead atoms. The van der Waals surface area contributed by atoms with E-state index in [9.17, 15) is 18.0 Å². The summed E-state index contributed by atoms with van der Waals surface area (Å²) >= 11 is 0. The Morgan fingerprint density at radius 3 is 2.62 bits per heavy atom. The predicted molar refractivity (Wildman–Crippen MR) is 112 cm³/mol. The summed E-state index contributed by atoms with van der Waals surface area (Å²) in [7, 11) is 0. The van der Waals surface area contributed by atoms with Gasteiger partial charge in [0.25, 0.3) is 5.91 Å². The number of fused-ring (bicyclic) bond motifs is 1. The number of halogens is 3. The van der Waals surface area contributed by atoms with Crippen LogP contribution in [0.5, 0.6) is 0 Å². The molecule has 2 heterocycles. The molecule has 0 aliphatic carbocycles. The molecule has 2 aromatic carbocycles. The molecule has 1 aliphatic heterocycles. The lowest BCUT2D eigenvalue weighted by molar-refractivity contribution is -0.176. The molecule has 0 radical (unpaired) electrons. The highest BCUT2D eigenvalue weighted by atomic mass is 19.4. The fourth-order valence-electron chi connectivity index (χ4n) is 3.43. The minimum absolute atomic E-state index is 0.176. The molecule has 3 aromatic rings. The van der Waals surface area contributed by atoms with Gasteiger partial charge in [0.15, 0.2) is 0 Å². The number of carbonyl (C=O) groups excluding carboxylic acids is 1. The number of imidazole rings is 1. The Morgan fingerprint density at radius 2 is 1.91 bits per heavy atom. The van der Waals surface area contributed by atoms with Gasteiger partial charge in [0.2, 0.25) is 0 Å². The third-order valence-electron chi connectivity index (χ3n) is 5.02. The van der Waals surface area contributed by atoms with E-state index in [2.05, 4.69) is 24.9 Å². The molecule has 1 aromatic heterocycles. The highest BCUT2D eigenvalue weighted by Crippen LogP contribution is 2.20. The number of rotatable bonds is 7. The maximum Gasteiger partial charge on any atom is 0.411 e. The normalized spacial score (nSPS) is 15.2. The zero-order chi connectivity index (χ0) is 22.6. The zero-order valence-electron chi connectivity index (χ0n) is 17.2. The van der Waals surface area contributed by atoms with Crippen molar-refractivity contribution in [3.8, 4) is 0 Å². The molecule has 170 valence electrons. The summed E-state index contributed by atoms with van der Waals surface area (Å²) < 4.78 is 46.4. The van der Waals surface area contributed by atoms with Crippen molar-refractivity contribution in [2.45, 2.75) is 19.3 Å². The maximum atomic E-state index is 12.5. The molecule has 4 rings (SSSR count). The van der Waals surface area contributed by atoms with Crippen LogP contribution in [0.15, 0.2) is 42.5 Å². The number of morpholine rings is 1. The number of aromatic amines is 1. The average Bonchev–Trinajstić information content (AvgIpc) is 3.15. The number of alkyl halides is 3. The van der Waals surface area contributed by atoms with Gasteiger partial charge in [-0.2, -0.15) is 13.2 Å². The lowest BCUT2D eigenvalue weighted by Gasteiger charge is -2.25. The summed E-state index contributed by atoms with van der Waals surface area (Å²) in [5.41, 5.74) is 3.19. The van der Waals surface area contributed by atoms with E-state index in [1.165, 1.54) is 0 Å². The monoisotopic (exact) mass is 448 g/mol. The molecule has 1 saturated heterocycles. The number of hydrogen-bond donors (Lipinski definition) is 2. The molecule has 1 amide bonds. The van der Waals surface area contributed by atoms with Crippen LogP contribution >= 0.6 is 0 Å². The predicted octanol–water partition coefficient (Wildman–Crippen LogP) is 3.73. The van der Waals surface area contributed by atoms with E-state index in [4.69, 9.17) is 4.74 Å². The number of H-pyrrole nitrogens is 1. The molecular formula is C22H23F3N4O3. The fraction of sp³-hybridized carbons (Fsp3) is 0.364. The van der Waals surface area contributed by atoms with Crippen LogP contribution in [0.1, 0.15) is 21.7 Å². The molecule has 0 atom stereocenters. The second-order valence-electron chi connectivity index (χ2n) is 7.56. The van der Waals surface area contributed by atoms with Gasteiger partial charge in [-0.15, -0.1) is 0 Å². The topological polar surface area (TPSA) is 79.5 Å². The van der Waals surface area contributed by atoms with Crippen molar-refractivity contribution >= 4 is 22.6 Å². The van der Waals surface area contributed by atoms with Gasteiger partial charge in [-0.3, -0.25) is 9.69 Å². The highest BCUT2D eigenvalue weighted by Gasteiger charge is 2.27. The largest absolute Gasteiger partial charge is 0.411 e. The summed E-state index contributed by atoms with van der Waals surface area (Å²) in [6, 6.07) is 11.7. The zero-order valence-corrected chi connectivity index (χ0v) is 17.2. The Hall–Kier alpha value is -2.95. The highest BCUT2D eigenvalue weighted by molar-refractivity contribution is 6.05. The first-order chi connectivity index (χ1) is 15.4. The van der Waals surface area contributed by atoms with E-state index in [1.807, 2.05) is 12.1 Å². The molecule has 2 N–H and O–H groups in total. The van der Waals surface area contributed by atoms with E-state index in [0.29, 0.717) is 23.4 Å². The number of nitrogens with zero attached hydrogens (tertiary/aromatic N) is 2. The fourth-order valence-corrected chi connectivity index (χ4v) is 3.43. The first-order valence-corrected chi connectivity index (χ1v) is 10.2. The first-order valence-electron chi connectivity index (χ1n) is 10.2. The summed E-state index contributed by atoms with van der Waals surface area (Å²) in [6.45, 7) is 2.40. The van der Waals surface area contributed by atoms with E-state index in [-0.39, 0.29) is 12.5 Å². The van der Waals surface area contributed by atoms with Crippen molar-refractivity contribution in [3.05, 3.63) is 59.4 Å². The van der Waals surface area contributed by atoms with E-state index in [1.54, 1.807) is 30.3 Å². The smallest absolute Gasteiger partial charge is 0.379 e. The molecular weight excluding hydrogens is 425 g/mol. The van der Waals surface area contributed by atoms with Gasteiger partial charge in [-0.25, -0.2) is 4.98 Å². The maximum absolute atomic E-state index is 12.5. The Labute approximate surface area is 182 Å². The van der Waals surface area contributed by atoms with Crippen LogP contribution in [0.2, 0.25) is 0 Å². The van der Waals surface area contributed by atoms with Crippen molar-refractivity contribution in [2.75, 3.05) is 38.2 Å². The summed E-state index contributed by atoms with van der Waals surface area (Å²) in [5, 5.41) is 2.83. The number of amides is 1. The lowest BCUT2D eigenvalue weighted by atomic mass is 10.1. The quantitative estimate of drug-likeness (QED) is 0.576. The molecule has 0 saturated carbocycles. The summed E-state index contributed by atoms with van der Waals surface area (Å²) in [4.78, 5) is 22.7. The first kappa shape index (κ1) is 22.3. The third-order valence-corrected chi connectivity index (χ3v) is 5.02. The lowest BCUT2D eigenvalue weighted by Crippen LogP contribution is -2.35. The van der Waals surface area contributed by atoms with Crippen molar-refractivity contribution in [2.24, 2.45) is 0 Å². The number of nitrogens with one attached hydrogen (secondary N) is 2. The number of ether oxygens (including phenoxy) is 2. The van der Waals surface area contributed by atoms with Crippen LogP contribution in [0.25, 0.3) is 11.0 Å². The van der Waals surface area contributed by atoms with Crippen LogP contribution in [-0.4, -0.2) is 59.9 Å². The number of hydrogen-bond acceptors (Lipinski definition) is 5. The Kier molecular flexibility index (Phi) is 6.73. The average molecular weight is 448 g/mol. The number of anilines is 1. The Bertz CT molecular complexity index is 1060. The molecule has 0 unspecified atom stereocenters. The van der Waals surface area contributed by atoms with Gasteiger partial charge < -0.3 is 19.8 Å². The minimum atomic E-state index is -4.36. The van der Waals surface area contributed by atoms with Crippen molar-refractivity contribution in [1.29, 1.82) is 0 Å². The molecule has 32 heavy (non-hydrogen) atoms. The molecule has 1 fully saturated rings. The Morgan fingerprint density at radius 1 is 1.16 bits per heavy atom. The number of carbonyl (C=O) groups is 1. The molecule has 10 heteroatoms. The van der Waals surface area contributed by atoms with Gasteiger partial charge in [-0.05, 0) is 35.9 Å². The summed E-state index contributed by atoms with van der Waals surface area (Å²) in [6.07, 6.45) is -4.36. The van der Waals surface area contributed by atoms with Crippen LogP contribution in [0.3, 0.4) is 0 Å². The van der Waals surface area contributed by atoms with E-state index < -0.39 is 12.8 Å². The van der Waals surface area contributed by atoms with E-state index >= 15 is 0 Å². The minimum Gasteiger partial charge on any atom is -0.379 e. The van der Waals surface area contributed by atoms with Crippen LogP contribution < -0.4 is 5.32 Å². The van der Waals surface area contributed by atoms with Gasteiger partial charge in [0, 0.05) is 24.3 Å². The third kappa shape index (κ3) is 6.06. The number of benzene rings is 2. The van der Waals surface area contributed by atoms with Crippen molar-refractivity contribution < 1.29 is 27.4 Å². The van der Waals surface area contributed by atoms with Crippen molar-refractivity contribution in [1.82, 2.24) is 14.9 Å². The van der Waals surface area contributed by atoms with Gasteiger partial charge in [-0.1, -0.05) is 12.1 Å².